The zero-order valence-corrected chi connectivity index (χ0v) is 10.5. The van der Waals surface area contributed by atoms with Gasteiger partial charge in [0.25, 0.3) is 0 Å². The molecule has 0 unspecified atom stereocenters. The average Bonchev–Trinajstić information content (AvgIpc) is 2.71. The van der Waals surface area contributed by atoms with Crippen molar-refractivity contribution in [1.29, 1.82) is 0 Å². The maximum Gasteiger partial charge on any atom is 0.213 e. The smallest absolute Gasteiger partial charge is 0.213 e. The number of hydrogen-bond acceptors (Lipinski definition) is 3. The van der Waals surface area contributed by atoms with E-state index in [4.69, 9.17) is 5.14 Å². The summed E-state index contributed by atoms with van der Waals surface area (Å²) in [5, 5.41) is 8.44. The highest BCUT2D eigenvalue weighted by Gasteiger charge is 2.14. The summed E-state index contributed by atoms with van der Waals surface area (Å²) >= 11 is 0. The number of primary sulfonamides is 1. The molecule has 5 heteroatoms. The van der Waals surface area contributed by atoms with E-state index in [0.717, 1.165) is 11.3 Å². The lowest BCUT2D eigenvalue weighted by Gasteiger charge is -2.13. The van der Waals surface area contributed by atoms with Gasteiger partial charge in [-0.1, -0.05) is 25.0 Å². The first-order chi connectivity index (χ1) is 8.03. The molecule has 17 heavy (non-hydrogen) atoms. The first-order valence-electron chi connectivity index (χ1n) is 5.89. The standard InChI is InChI=1S/C12H18N2O2S/c13-17(15,16)9-10-5-7-12(8-6-10)14-11-3-1-2-4-11/h5-8,11,14H,1-4,9H2,(H2,13,15,16). The fraction of sp³-hybridized carbons (Fsp3) is 0.500. The van der Waals surface area contributed by atoms with Gasteiger partial charge in [-0.05, 0) is 30.5 Å². The van der Waals surface area contributed by atoms with E-state index in [1.165, 1.54) is 25.7 Å². The van der Waals surface area contributed by atoms with E-state index in [1.807, 2.05) is 24.3 Å². The third-order valence-corrected chi connectivity index (χ3v) is 3.78. The van der Waals surface area contributed by atoms with Crippen LogP contribution in [0.3, 0.4) is 0 Å². The minimum atomic E-state index is -3.43. The maximum atomic E-state index is 10.9. The van der Waals surface area contributed by atoms with Crippen molar-refractivity contribution in [2.24, 2.45) is 5.14 Å². The summed E-state index contributed by atoms with van der Waals surface area (Å²) in [4.78, 5) is 0. The van der Waals surface area contributed by atoms with Crippen LogP contribution in [0, 0.1) is 0 Å². The highest BCUT2D eigenvalue weighted by Crippen LogP contribution is 2.22. The number of anilines is 1. The Morgan fingerprint density at radius 1 is 1.18 bits per heavy atom. The van der Waals surface area contributed by atoms with Gasteiger partial charge in [-0.2, -0.15) is 0 Å². The van der Waals surface area contributed by atoms with Gasteiger partial charge >= 0.3 is 0 Å². The Bertz CT molecular complexity index is 462. The van der Waals surface area contributed by atoms with Gasteiger partial charge in [-0.15, -0.1) is 0 Å². The molecule has 0 atom stereocenters. The summed E-state index contributed by atoms with van der Waals surface area (Å²) in [5.41, 5.74) is 1.78. The molecule has 0 aromatic heterocycles. The van der Waals surface area contributed by atoms with Crippen molar-refractivity contribution < 1.29 is 8.42 Å². The maximum absolute atomic E-state index is 10.9. The average molecular weight is 254 g/mol. The van der Waals surface area contributed by atoms with E-state index >= 15 is 0 Å². The van der Waals surface area contributed by atoms with Crippen LogP contribution >= 0.6 is 0 Å². The predicted molar refractivity (Wildman–Crippen MR) is 69.1 cm³/mol. The molecule has 3 N–H and O–H groups in total. The predicted octanol–water partition coefficient (Wildman–Crippen LogP) is 1.83. The second kappa shape index (κ2) is 5.06. The van der Waals surface area contributed by atoms with Gasteiger partial charge in [0, 0.05) is 11.7 Å². The van der Waals surface area contributed by atoms with E-state index in [0.29, 0.717) is 6.04 Å². The van der Waals surface area contributed by atoms with Crippen LogP contribution in [0.2, 0.25) is 0 Å². The van der Waals surface area contributed by atoms with Crippen molar-refractivity contribution in [3.8, 4) is 0 Å². The van der Waals surface area contributed by atoms with Crippen LogP contribution in [0.25, 0.3) is 0 Å². The zero-order valence-electron chi connectivity index (χ0n) is 9.72. The molecule has 0 radical (unpaired) electrons. The molecular formula is C12H18N2O2S. The topological polar surface area (TPSA) is 72.2 Å². The van der Waals surface area contributed by atoms with Crippen molar-refractivity contribution in [1.82, 2.24) is 0 Å². The molecule has 2 rings (SSSR count). The summed E-state index contributed by atoms with van der Waals surface area (Å²) in [7, 11) is -3.43. The third-order valence-electron chi connectivity index (χ3n) is 3.05. The summed E-state index contributed by atoms with van der Waals surface area (Å²) in [6.45, 7) is 0. The van der Waals surface area contributed by atoms with Crippen LogP contribution in [-0.4, -0.2) is 14.5 Å². The highest BCUT2D eigenvalue weighted by atomic mass is 32.2. The van der Waals surface area contributed by atoms with Crippen molar-refractivity contribution in [3.63, 3.8) is 0 Å². The van der Waals surface area contributed by atoms with E-state index in [-0.39, 0.29) is 5.75 Å². The van der Waals surface area contributed by atoms with Crippen LogP contribution in [0.1, 0.15) is 31.2 Å². The molecular weight excluding hydrogens is 236 g/mol. The lowest BCUT2D eigenvalue weighted by atomic mass is 10.2. The number of sulfonamides is 1. The van der Waals surface area contributed by atoms with Crippen molar-refractivity contribution in [2.45, 2.75) is 37.5 Å². The van der Waals surface area contributed by atoms with Gasteiger partial charge in [0.15, 0.2) is 0 Å². The van der Waals surface area contributed by atoms with E-state index < -0.39 is 10.0 Å². The van der Waals surface area contributed by atoms with Gasteiger partial charge in [0.1, 0.15) is 0 Å². The van der Waals surface area contributed by atoms with Crippen LogP contribution < -0.4 is 10.5 Å². The zero-order chi connectivity index (χ0) is 12.3. The third kappa shape index (κ3) is 4.02. The summed E-state index contributed by atoms with van der Waals surface area (Å²) in [6.07, 6.45) is 5.03. The van der Waals surface area contributed by atoms with Crippen LogP contribution in [-0.2, 0) is 15.8 Å². The quantitative estimate of drug-likeness (QED) is 0.861. The fourth-order valence-electron chi connectivity index (χ4n) is 2.24. The van der Waals surface area contributed by atoms with Crippen molar-refractivity contribution in [3.05, 3.63) is 29.8 Å². The number of benzene rings is 1. The Hall–Kier alpha value is -1.07. The molecule has 1 saturated carbocycles. The monoisotopic (exact) mass is 254 g/mol. The molecule has 4 nitrogen and oxygen atoms in total. The van der Waals surface area contributed by atoms with Crippen molar-refractivity contribution >= 4 is 15.7 Å². The Morgan fingerprint density at radius 3 is 2.29 bits per heavy atom. The van der Waals surface area contributed by atoms with E-state index in [9.17, 15) is 8.42 Å². The molecule has 1 aromatic rings. The second-order valence-corrected chi connectivity index (χ2v) is 6.24. The SMILES string of the molecule is NS(=O)(=O)Cc1ccc(NC2CCCC2)cc1. The van der Waals surface area contributed by atoms with Gasteiger partial charge in [-0.25, -0.2) is 13.6 Å². The van der Waals surface area contributed by atoms with Gasteiger partial charge in [0.05, 0.1) is 5.75 Å². The summed E-state index contributed by atoms with van der Waals surface area (Å²) in [5.74, 6) is -0.100. The van der Waals surface area contributed by atoms with Crippen LogP contribution in [0.5, 0.6) is 0 Å². The number of hydrogen-bond donors (Lipinski definition) is 2. The molecule has 0 heterocycles. The lowest BCUT2D eigenvalue weighted by Crippen LogP contribution is -2.15. The van der Waals surface area contributed by atoms with Crippen LogP contribution in [0.4, 0.5) is 5.69 Å². The summed E-state index contributed by atoms with van der Waals surface area (Å²) in [6, 6.07) is 8.01. The molecule has 0 saturated heterocycles. The molecule has 0 aliphatic heterocycles. The minimum Gasteiger partial charge on any atom is -0.382 e. The Kier molecular flexibility index (Phi) is 3.69. The van der Waals surface area contributed by atoms with E-state index in [2.05, 4.69) is 5.32 Å². The largest absolute Gasteiger partial charge is 0.382 e. The van der Waals surface area contributed by atoms with Crippen LogP contribution in [0.15, 0.2) is 24.3 Å². The first kappa shape index (κ1) is 12.4. The second-order valence-electron chi connectivity index (χ2n) is 4.63. The lowest BCUT2D eigenvalue weighted by molar-refractivity contribution is 0.597. The number of nitrogens with two attached hydrogens (primary N) is 1. The first-order valence-corrected chi connectivity index (χ1v) is 7.60. The normalized spacial score (nSPS) is 17.2. The fourth-order valence-corrected chi connectivity index (χ4v) is 2.89. The molecule has 0 amide bonds. The highest BCUT2D eigenvalue weighted by molar-refractivity contribution is 7.88. The molecule has 0 spiro atoms. The molecule has 94 valence electrons. The molecule has 0 bridgehead atoms. The molecule has 1 fully saturated rings. The van der Waals surface area contributed by atoms with Gasteiger partial charge in [-0.3, -0.25) is 0 Å². The molecule has 1 aromatic carbocycles. The van der Waals surface area contributed by atoms with Gasteiger partial charge in [0.2, 0.25) is 10.0 Å². The Balaban J connectivity index is 1.97. The molecule has 1 aliphatic rings. The minimum absolute atomic E-state index is 0.100. The number of nitrogens with one attached hydrogen (secondary N) is 1. The Labute approximate surface area is 102 Å². The Morgan fingerprint density at radius 2 is 1.76 bits per heavy atom. The molecule has 1 aliphatic carbocycles. The van der Waals surface area contributed by atoms with Gasteiger partial charge < -0.3 is 5.32 Å². The van der Waals surface area contributed by atoms with Crippen molar-refractivity contribution in [2.75, 3.05) is 5.32 Å². The number of rotatable bonds is 4. The summed E-state index contributed by atoms with van der Waals surface area (Å²) < 4.78 is 21.9. The van der Waals surface area contributed by atoms with E-state index in [1.54, 1.807) is 0 Å².